The summed E-state index contributed by atoms with van der Waals surface area (Å²) in [5.41, 5.74) is 0.855. The van der Waals surface area contributed by atoms with Crippen molar-refractivity contribution >= 4 is 23.2 Å². The van der Waals surface area contributed by atoms with Crippen LogP contribution in [0.25, 0.3) is 11.1 Å². The molecule has 5 rings (SSSR count). The zero-order valence-corrected chi connectivity index (χ0v) is 23.5. The maximum absolute atomic E-state index is 13.8. The molecule has 0 bridgehead atoms. The van der Waals surface area contributed by atoms with E-state index in [1.165, 1.54) is 24.6 Å². The van der Waals surface area contributed by atoms with Gasteiger partial charge in [0.05, 0.1) is 5.69 Å². The lowest BCUT2D eigenvalue weighted by molar-refractivity contribution is -0.141. The number of rotatable bonds is 8. The van der Waals surface area contributed by atoms with E-state index in [0.717, 1.165) is 30.4 Å². The van der Waals surface area contributed by atoms with E-state index >= 15 is 0 Å². The third kappa shape index (κ3) is 7.49. The zero-order chi connectivity index (χ0) is 30.6. The summed E-state index contributed by atoms with van der Waals surface area (Å²) >= 11 is 0. The van der Waals surface area contributed by atoms with Crippen LogP contribution in [-0.2, 0) is 12.6 Å². The van der Waals surface area contributed by atoms with E-state index in [4.69, 9.17) is 4.42 Å². The van der Waals surface area contributed by atoms with Gasteiger partial charge >= 0.3 is 6.18 Å². The Morgan fingerprint density at radius 1 is 0.907 bits per heavy atom. The lowest BCUT2D eigenvalue weighted by Crippen LogP contribution is -2.17. The number of anilines is 2. The number of aromatic nitrogens is 1. The first kappa shape index (κ1) is 30.0. The maximum atomic E-state index is 13.8. The van der Waals surface area contributed by atoms with Crippen LogP contribution in [0.2, 0.25) is 0 Å². The van der Waals surface area contributed by atoms with Crippen LogP contribution in [0.4, 0.5) is 28.9 Å². The number of amides is 2. The molecule has 1 saturated carbocycles. The van der Waals surface area contributed by atoms with Crippen molar-refractivity contribution in [2.75, 3.05) is 10.6 Å². The highest BCUT2D eigenvalue weighted by atomic mass is 19.4. The fraction of sp³-hybridized carbons (Fsp3) is 0.303. The van der Waals surface area contributed by atoms with Gasteiger partial charge in [0.1, 0.15) is 5.82 Å². The van der Waals surface area contributed by atoms with Crippen LogP contribution in [0.15, 0.2) is 77.2 Å². The zero-order valence-electron chi connectivity index (χ0n) is 23.5. The molecule has 6 nitrogen and oxygen atoms in total. The third-order valence-electron chi connectivity index (χ3n) is 7.70. The van der Waals surface area contributed by atoms with Crippen LogP contribution in [0.5, 0.6) is 0 Å². The van der Waals surface area contributed by atoms with E-state index < -0.39 is 35.3 Å². The largest absolute Gasteiger partial charge is 0.437 e. The first-order valence-electron chi connectivity index (χ1n) is 14.2. The van der Waals surface area contributed by atoms with Crippen molar-refractivity contribution in [1.29, 1.82) is 0 Å². The van der Waals surface area contributed by atoms with E-state index in [1.54, 1.807) is 54.6 Å². The minimum atomic E-state index is -4.84. The number of alkyl halides is 3. The molecule has 0 radical (unpaired) electrons. The van der Waals surface area contributed by atoms with Gasteiger partial charge in [-0.25, -0.2) is 9.37 Å². The number of hydrogen-bond donors (Lipinski definition) is 2. The second-order valence-corrected chi connectivity index (χ2v) is 11.0. The van der Waals surface area contributed by atoms with E-state index in [9.17, 15) is 27.2 Å². The highest BCUT2D eigenvalue weighted by Gasteiger charge is 2.41. The number of nitrogens with zero attached hydrogens (tertiary/aromatic N) is 1. The van der Waals surface area contributed by atoms with Gasteiger partial charge in [-0.2, -0.15) is 13.2 Å². The Balaban J connectivity index is 1.23. The standard InChI is InChI=1S/C33H31F4N3O3/c1-20-5-4-6-21(19-20)9-18-28-40-30(33(35,36)37)29(43-28)32(42)38-25-16-14-23(15-17-25)22-10-12-24(13-11-22)31(41)39-27-8-3-2-7-26(27)34/h2-3,7-8,10-17,20-21H,4-6,9,18-19H2,1H3,(H,38,42)(H,39,41). The van der Waals surface area contributed by atoms with Gasteiger partial charge in [0.25, 0.3) is 11.8 Å². The van der Waals surface area contributed by atoms with Crippen molar-refractivity contribution in [3.8, 4) is 11.1 Å². The minimum absolute atomic E-state index is 0.0761. The Bertz CT molecular complexity index is 1580. The van der Waals surface area contributed by atoms with Gasteiger partial charge in [-0.1, -0.05) is 62.6 Å². The second kappa shape index (κ2) is 12.8. The van der Waals surface area contributed by atoms with Crippen LogP contribution in [0.1, 0.15) is 71.5 Å². The number of aryl methyl sites for hydroxylation is 1. The molecule has 1 aliphatic rings. The molecule has 1 fully saturated rings. The average Bonchev–Trinajstić information content (AvgIpc) is 3.43. The van der Waals surface area contributed by atoms with Crippen molar-refractivity contribution in [2.24, 2.45) is 11.8 Å². The Labute approximate surface area is 246 Å². The van der Waals surface area contributed by atoms with Crippen LogP contribution >= 0.6 is 0 Å². The van der Waals surface area contributed by atoms with Crippen molar-refractivity contribution in [2.45, 2.75) is 51.6 Å². The molecular formula is C33H31F4N3O3. The summed E-state index contributed by atoms with van der Waals surface area (Å²) in [7, 11) is 0. The average molecular weight is 594 g/mol. The highest BCUT2D eigenvalue weighted by molar-refractivity contribution is 6.05. The SMILES string of the molecule is CC1CCCC(CCc2nc(C(F)(F)F)c(C(=O)Nc3ccc(-c4ccc(C(=O)Nc5ccccc5F)cc4)cc3)o2)C1. The predicted molar refractivity (Wildman–Crippen MR) is 155 cm³/mol. The summed E-state index contributed by atoms with van der Waals surface area (Å²) in [4.78, 5) is 29.0. The number of halogens is 4. The first-order chi connectivity index (χ1) is 20.6. The second-order valence-electron chi connectivity index (χ2n) is 11.0. The van der Waals surface area contributed by atoms with Crippen LogP contribution in [0.3, 0.4) is 0 Å². The van der Waals surface area contributed by atoms with Gasteiger partial charge < -0.3 is 15.1 Å². The van der Waals surface area contributed by atoms with Crippen LogP contribution in [0, 0.1) is 17.7 Å². The van der Waals surface area contributed by atoms with Crippen LogP contribution in [-0.4, -0.2) is 16.8 Å². The Hall–Kier alpha value is -4.47. The molecule has 0 aliphatic heterocycles. The summed E-state index contributed by atoms with van der Waals surface area (Å²) in [6.45, 7) is 2.18. The smallest absolute Gasteiger partial charge is 0.435 e. The lowest BCUT2D eigenvalue weighted by atomic mass is 9.80. The molecule has 224 valence electrons. The topological polar surface area (TPSA) is 84.2 Å². The van der Waals surface area contributed by atoms with Gasteiger partial charge in [0.2, 0.25) is 5.76 Å². The monoisotopic (exact) mass is 593 g/mol. The molecule has 0 spiro atoms. The lowest BCUT2D eigenvalue weighted by Gasteiger charge is -2.26. The van der Waals surface area contributed by atoms with Gasteiger partial charge in [0.15, 0.2) is 11.6 Å². The Kier molecular flexibility index (Phi) is 8.94. The first-order valence-corrected chi connectivity index (χ1v) is 14.2. The van der Waals surface area contributed by atoms with Crippen molar-refractivity contribution < 1.29 is 31.6 Å². The molecule has 2 unspecified atom stereocenters. The molecule has 1 aliphatic carbocycles. The summed E-state index contributed by atoms with van der Waals surface area (Å²) < 4.78 is 60.3. The fourth-order valence-corrected chi connectivity index (χ4v) is 5.47. The molecule has 2 atom stereocenters. The normalized spacial score (nSPS) is 17.0. The predicted octanol–water partition coefficient (Wildman–Crippen LogP) is 8.76. The molecule has 2 amide bonds. The minimum Gasteiger partial charge on any atom is -0.435 e. The van der Waals surface area contributed by atoms with E-state index in [-0.39, 0.29) is 23.7 Å². The van der Waals surface area contributed by atoms with Crippen molar-refractivity contribution in [3.05, 3.63) is 102 Å². The van der Waals surface area contributed by atoms with E-state index in [2.05, 4.69) is 22.5 Å². The molecular weight excluding hydrogens is 562 g/mol. The molecule has 4 aromatic rings. The number of hydrogen-bond acceptors (Lipinski definition) is 4. The number of carbonyl (C=O) groups is 2. The van der Waals surface area contributed by atoms with Gasteiger partial charge in [0, 0.05) is 17.7 Å². The number of carbonyl (C=O) groups excluding carboxylic acids is 2. The van der Waals surface area contributed by atoms with Crippen molar-refractivity contribution in [3.63, 3.8) is 0 Å². The van der Waals surface area contributed by atoms with Crippen LogP contribution < -0.4 is 10.6 Å². The Morgan fingerprint density at radius 2 is 1.58 bits per heavy atom. The fourth-order valence-electron chi connectivity index (χ4n) is 5.47. The third-order valence-corrected chi connectivity index (χ3v) is 7.70. The van der Waals surface area contributed by atoms with Gasteiger partial charge in [-0.15, -0.1) is 0 Å². The number of nitrogens with one attached hydrogen (secondary N) is 2. The summed E-state index contributed by atoms with van der Waals surface area (Å²) in [6, 6.07) is 19.0. The van der Waals surface area contributed by atoms with E-state index in [1.807, 2.05) is 0 Å². The maximum Gasteiger partial charge on any atom is 0.437 e. The summed E-state index contributed by atoms with van der Waals surface area (Å²) in [5, 5.41) is 5.00. The molecule has 3 aromatic carbocycles. The highest BCUT2D eigenvalue weighted by Crippen LogP contribution is 2.35. The van der Waals surface area contributed by atoms with Gasteiger partial charge in [-0.3, -0.25) is 9.59 Å². The number of para-hydroxylation sites is 1. The quantitative estimate of drug-likeness (QED) is 0.200. The molecule has 1 aromatic heterocycles. The molecule has 10 heteroatoms. The molecule has 0 saturated heterocycles. The van der Waals surface area contributed by atoms with Crippen molar-refractivity contribution in [1.82, 2.24) is 4.98 Å². The van der Waals surface area contributed by atoms with E-state index in [0.29, 0.717) is 23.8 Å². The number of benzene rings is 3. The molecule has 1 heterocycles. The van der Waals surface area contributed by atoms with Gasteiger partial charge in [-0.05, 0) is 72.2 Å². The summed E-state index contributed by atoms with van der Waals surface area (Å²) in [6.07, 6.45) is 0.421. The molecule has 43 heavy (non-hydrogen) atoms. The Morgan fingerprint density at radius 3 is 2.23 bits per heavy atom. The molecule has 2 N–H and O–H groups in total. The number of oxazole rings is 1. The summed E-state index contributed by atoms with van der Waals surface area (Å²) in [5.74, 6) is -1.97.